The van der Waals surface area contributed by atoms with Gasteiger partial charge < -0.3 is 10.0 Å². The van der Waals surface area contributed by atoms with Crippen molar-refractivity contribution in [3.8, 4) is 0 Å². The molecule has 1 amide bonds. The van der Waals surface area contributed by atoms with Crippen LogP contribution in [0.25, 0.3) is 10.9 Å². The molecule has 1 aromatic carbocycles. The molecule has 0 radical (unpaired) electrons. The van der Waals surface area contributed by atoms with Gasteiger partial charge in [0.2, 0.25) is 0 Å². The van der Waals surface area contributed by atoms with Crippen LogP contribution in [-0.4, -0.2) is 39.5 Å². The number of carboxylic acid groups (broad SMARTS) is 1. The van der Waals surface area contributed by atoms with E-state index in [4.69, 9.17) is 10.1 Å². The highest BCUT2D eigenvalue weighted by Gasteiger charge is 2.29. The summed E-state index contributed by atoms with van der Waals surface area (Å²) in [5.41, 5.74) is 3.34. The number of carbonyl (C=O) groups excluding carboxylic acids is 1. The van der Waals surface area contributed by atoms with Crippen LogP contribution >= 0.6 is 0 Å². The van der Waals surface area contributed by atoms with Crippen molar-refractivity contribution < 1.29 is 14.7 Å². The first-order chi connectivity index (χ1) is 11.4. The number of carboxylic acids is 1. The predicted molar refractivity (Wildman–Crippen MR) is 92.3 cm³/mol. The van der Waals surface area contributed by atoms with E-state index in [1.165, 1.54) is 4.90 Å². The molecule has 0 spiro atoms. The van der Waals surface area contributed by atoms with Gasteiger partial charge in [0, 0.05) is 23.0 Å². The molecular weight excluding hydrogens is 304 g/mol. The van der Waals surface area contributed by atoms with Gasteiger partial charge in [-0.15, -0.1) is 0 Å². The number of benzene rings is 1. The van der Waals surface area contributed by atoms with E-state index in [0.29, 0.717) is 11.5 Å². The lowest BCUT2D eigenvalue weighted by Crippen LogP contribution is -2.40. The maximum Gasteiger partial charge on any atom is 0.323 e. The minimum atomic E-state index is -1.01. The molecule has 0 unspecified atom stereocenters. The third kappa shape index (κ3) is 3.25. The largest absolute Gasteiger partial charge is 0.480 e. The number of aliphatic carboxylic acids is 1. The normalized spacial score (nSPS) is 14.2. The molecule has 1 heterocycles. The van der Waals surface area contributed by atoms with Crippen molar-refractivity contribution in [2.24, 2.45) is 0 Å². The van der Waals surface area contributed by atoms with Gasteiger partial charge in [-0.2, -0.15) is 0 Å². The van der Waals surface area contributed by atoms with Gasteiger partial charge in [-0.25, -0.2) is 0 Å². The summed E-state index contributed by atoms with van der Waals surface area (Å²) in [7, 11) is 0. The summed E-state index contributed by atoms with van der Waals surface area (Å²) in [4.78, 5) is 30.3. The number of rotatable bonds is 5. The Morgan fingerprint density at radius 3 is 2.58 bits per heavy atom. The molecule has 1 fully saturated rings. The fourth-order valence-corrected chi connectivity index (χ4v) is 2.91. The number of hydrogen-bond donors (Lipinski definition) is 1. The van der Waals surface area contributed by atoms with E-state index in [1.807, 2.05) is 45.0 Å². The number of pyridine rings is 1. The van der Waals surface area contributed by atoms with Gasteiger partial charge in [-0.1, -0.05) is 11.6 Å². The lowest BCUT2D eigenvalue weighted by Gasteiger charge is -2.25. The standard InChI is InChI=1S/C19H22N2O3/c1-11(2)21(10-18(22)23)19(24)15-9-17(13-5-6-13)20-16-7-4-12(3)8-14(15)16/h4,7-9,11,13H,5-6,10H2,1-3H3,(H,22,23). The fourth-order valence-electron chi connectivity index (χ4n) is 2.91. The zero-order chi connectivity index (χ0) is 17.4. The third-order valence-electron chi connectivity index (χ3n) is 4.40. The van der Waals surface area contributed by atoms with Crippen LogP contribution < -0.4 is 0 Å². The van der Waals surface area contributed by atoms with Crippen LogP contribution in [0.5, 0.6) is 0 Å². The van der Waals surface area contributed by atoms with Crippen LogP contribution in [0.15, 0.2) is 24.3 Å². The molecule has 1 aromatic heterocycles. The first-order valence-electron chi connectivity index (χ1n) is 8.31. The zero-order valence-electron chi connectivity index (χ0n) is 14.2. The van der Waals surface area contributed by atoms with Crippen molar-refractivity contribution in [3.05, 3.63) is 41.1 Å². The minimum Gasteiger partial charge on any atom is -0.480 e. The van der Waals surface area contributed by atoms with Crippen molar-refractivity contribution in [3.63, 3.8) is 0 Å². The molecule has 126 valence electrons. The fraction of sp³-hybridized carbons (Fsp3) is 0.421. The number of amides is 1. The quantitative estimate of drug-likeness (QED) is 0.914. The Balaban J connectivity index is 2.13. The van der Waals surface area contributed by atoms with Crippen LogP contribution in [0.1, 0.15) is 54.2 Å². The summed E-state index contributed by atoms with van der Waals surface area (Å²) >= 11 is 0. The molecular formula is C19H22N2O3. The Hall–Kier alpha value is -2.43. The molecule has 5 nitrogen and oxygen atoms in total. The molecule has 3 rings (SSSR count). The predicted octanol–water partition coefficient (Wildman–Crippen LogP) is 3.36. The van der Waals surface area contributed by atoms with E-state index in [9.17, 15) is 9.59 Å². The highest BCUT2D eigenvalue weighted by atomic mass is 16.4. The van der Waals surface area contributed by atoms with E-state index in [-0.39, 0.29) is 18.5 Å². The smallest absolute Gasteiger partial charge is 0.323 e. The molecule has 2 aromatic rings. The van der Waals surface area contributed by atoms with Gasteiger partial charge >= 0.3 is 5.97 Å². The van der Waals surface area contributed by atoms with E-state index in [2.05, 4.69) is 0 Å². The molecule has 1 aliphatic carbocycles. The summed E-state index contributed by atoms with van der Waals surface area (Å²) in [6.07, 6.45) is 2.20. The number of carbonyl (C=O) groups is 2. The van der Waals surface area contributed by atoms with Gasteiger partial charge in [-0.3, -0.25) is 14.6 Å². The van der Waals surface area contributed by atoms with E-state index < -0.39 is 5.97 Å². The van der Waals surface area contributed by atoms with E-state index in [0.717, 1.165) is 35.0 Å². The van der Waals surface area contributed by atoms with Gasteiger partial charge in [0.1, 0.15) is 6.54 Å². The highest BCUT2D eigenvalue weighted by Crippen LogP contribution is 2.40. The average molecular weight is 326 g/mol. The molecule has 24 heavy (non-hydrogen) atoms. The second kappa shape index (κ2) is 6.23. The Morgan fingerprint density at radius 2 is 2.00 bits per heavy atom. The summed E-state index contributed by atoms with van der Waals surface area (Å²) in [5, 5.41) is 9.92. The number of nitrogens with zero attached hydrogens (tertiary/aromatic N) is 2. The van der Waals surface area contributed by atoms with Crippen LogP contribution in [0.4, 0.5) is 0 Å². The highest BCUT2D eigenvalue weighted by molar-refractivity contribution is 6.07. The van der Waals surface area contributed by atoms with Crippen molar-refractivity contribution in [1.29, 1.82) is 0 Å². The Bertz CT molecular complexity index is 810. The van der Waals surface area contributed by atoms with Crippen molar-refractivity contribution >= 4 is 22.8 Å². The molecule has 0 bridgehead atoms. The third-order valence-corrected chi connectivity index (χ3v) is 4.40. The lowest BCUT2D eigenvalue weighted by atomic mass is 10.0. The minimum absolute atomic E-state index is 0.189. The molecule has 0 aliphatic heterocycles. The molecule has 1 saturated carbocycles. The first kappa shape index (κ1) is 16.4. The maximum atomic E-state index is 13.1. The van der Waals surface area contributed by atoms with Crippen molar-refractivity contribution in [2.75, 3.05) is 6.54 Å². The van der Waals surface area contributed by atoms with Gasteiger partial charge in [0.15, 0.2) is 0 Å². The average Bonchev–Trinajstić information content (AvgIpc) is 3.35. The summed E-state index contributed by atoms with van der Waals surface area (Å²) < 4.78 is 0. The van der Waals surface area contributed by atoms with E-state index >= 15 is 0 Å². The molecule has 1 N–H and O–H groups in total. The summed E-state index contributed by atoms with van der Waals surface area (Å²) in [6.45, 7) is 5.33. The monoisotopic (exact) mass is 326 g/mol. The van der Waals surface area contributed by atoms with Gasteiger partial charge in [0.25, 0.3) is 5.91 Å². The molecule has 1 aliphatic rings. The second-order valence-corrected chi connectivity index (χ2v) is 6.81. The Labute approximate surface area is 141 Å². The summed E-state index contributed by atoms with van der Waals surface area (Å²) in [5.74, 6) is -0.824. The number of fused-ring (bicyclic) bond motifs is 1. The number of hydrogen-bond acceptors (Lipinski definition) is 3. The topological polar surface area (TPSA) is 70.5 Å². The SMILES string of the molecule is Cc1ccc2nc(C3CC3)cc(C(=O)N(CC(=O)O)C(C)C)c2c1. The summed E-state index contributed by atoms with van der Waals surface area (Å²) in [6, 6.07) is 7.54. The van der Waals surface area contributed by atoms with Crippen LogP contribution in [0.2, 0.25) is 0 Å². The van der Waals surface area contributed by atoms with Crippen LogP contribution in [-0.2, 0) is 4.79 Å². The molecule has 0 saturated heterocycles. The number of aryl methyl sites for hydroxylation is 1. The van der Waals surface area contributed by atoms with Crippen molar-refractivity contribution in [1.82, 2.24) is 9.88 Å². The van der Waals surface area contributed by atoms with Gasteiger partial charge in [-0.05, 0) is 51.8 Å². The van der Waals surface area contributed by atoms with Crippen molar-refractivity contribution in [2.45, 2.75) is 45.6 Å². The second-order valence-electron chi connectivity index (χ2n) is 6.81. The van der Waals surface area contributed by atoms with Crippen LogP contribution in [0.3, 0.4) is 0 Å². The first-order valence-corrected chi connectivity index (χ1v) is 8.31. The zero-order valence-corrected chi connectivity index (χ0v) is 14.2. The molecule has 5 heteroatoms. The lowest BCUT2D eigenvalue weighted by molar-refractivity contribution is -0.138. The Kier molecular flexibility index (Phi) is 4.26. The van der Waals surface area contributed by atoms with Crippen LogP contribution in [0, 0.1) is 6.92 Å². The Morgan fingerprint density at radius 1 is 1.29 bits per heavy atom. The molecule has 0 atom stereocenters. The van der Waals surface area contributed by atoms with E-state index in [1.54, 1.807) is 0 Å². The maximum absolute atomic E-state index is 13.1. The van der Waals surface area contributed by atoms with Gasteiger partial charge in [0.05, 0.1) is 11.1 Å². The number of aromatic nitrogens is 1.